The maximum atomic E-state index is 13.8. The van der Waals surface area contributed by atoms with Crippen LogP contribution in [0.3, 0.4) is 0 Å². The predicted octanol–water partition coefficient (Wildman–Crippen LogP) is 6.66. The van der Waals surface area contributed by atoms with Crippen molar-refractivity contribution in [3.05, 3.63) is 88.5 Å². The van der Waals surface area contributed by atoms with E-state index in [-0.39, 0.29) is 30.4 Å². The zero-order valence-corrected chi connectivity index (χ0v) is 27.3. The number of rotatable bonds is 14. The van der Waals surface area contributed by atoms with E-state index in [0.717, 1.165) is 31.2 Å². The number of benzene rings is 3. The summed E-state index contributed by atoms with van der Waals surface area (Å²) in [5, 5.41) is 4.68. The van der Waals surface area contributed by atoms with Gasteiger partial charge in [0.25, 0.3) is 5.56 Å². The molecule has 0 saturated carbocycles. The first-order valence-electron chi connectivity index (χ1n) is 15.6. The van der Waals surface area contributed by atoms with E-state index in [1.165, 1.54) is 0 Å². The van der Waals surface area contributed by atoms with Crippen LogP contribution in [0.2, 0.25) is 0 Å². The van der Waals surface area contributed by atoms with Crippen molar-refractivity contribution in [2.45, 2.75) is 65.8 Å². The van der Waals surface area contributed by atoms with Gasteiger partial charge in [-0.25, -0.2) is 14.6 Å². The Morgan fingerprint density at radius 2 is 1.65 bits per heavy atom. The van der Waals surface area contributed by atoms with Crippen LogP contribution in [-0.4, -0.2) is 42.5 Å². The molecule has 0 bridgehead atoms. The summed E-state index contributed by atoms with van der Waals surface area (Å²) >= 11 is 0. The zero-order chi connectivity index (χ0) is 33.1. The first-order chi connectivity index (χ1) is 22.2. The molecule has 4 rings (SSSR count). The van der Waals surface area contributed by atoms with E-state index in [1.807, 2.05) is 45.0 Å². The lowest BCUT2D eigenvalue weighted by atomic mass is 10.0. The Morgan fingerprint density at radius 1 is 0.913 bits per heavy atom. The molecule has 0 spiro atoms. The Hall–Kier alpha value is -4.71. The molecular formula is C34H41N5O6S. The molecule has 0 saturated heterocycles. The number of urea groups is 1. The lowest BCUT2D eigenvalue weighted by Crippen LogP contribution is -2.29. The van der Waals surface area contributed by atoms with Gasteiger partial charge in [0.2, 0.25) is 0 Å². The van der Waals surface area contributed by atoms with E-state index in [4.69, 9.17) is 9.72 Å². The average Bonchev–Trinajstić information content (AvgIpc) is 3.04. The summed E-state index contributed by atoms with van der Waals surface area (Å²) in [5.41, 5.74) is 3.23. The number of anilines is 2. The molecule has 0 aliphatic heterocycles. The van der Waals surface area contributed by atoms with Gasteiger partial charge < -0.3 is 15.4 Å². The van der Waals surface area contributed by atoms with E-state index in [2.05, 4.69) is 15.4 Å². The second kappa shape index (κ2) is 16.0. The van der Waals surface area contributed by atoms with Crippen molar-refractivity contribution < 1.29 is 22.7 Å². The van der Waals surface area contributed by atoms with Crippen LogP contribution in [0, 0.1) is 0 Å². The van der Waals surface area contributed by atoms with Crippen LogP contribution in [0.25, 0.3) is 22.0 Å². The number of para-hydroxylation sites is 1. The van der Waals surface area contributed by atoms with Gasteiger partial charge in [0.05, 0.1) is 29.7 Å². The molecule has 3 N–H and O–H groups in total. The molecule has 11 nitrogen and oxygen atoms in total. The van der Waals surface area contributed by atoms with Crippen LogP contribution in [-0.2, 0) is 27.7 Å². The Morgan fingerprint density at radius 3 is 2.37 bits per heavy atom. The van der Waals surface area contributed by atoms with Gasteiger partial charge in [0, 0.05) is 24.2 Å². The van der Waals surface area contributed by atoms with Crippen molar-refractivity contribution in [1.29, 1.82) is 0 Å². The number of nitrogens with zero attached hydrogens (tertiary/aromatic N) is 2. The molecule has 0 aliphatic rings. The first kappa shape index (κ1) is 34.2. The molecule has 1 heterocycles. The quantitative estimate of drug-likeness (QED) is 0.102. The fraction of sp³-hybridized carbons (Fsp3) is 0.353. The fourth-order valence-electron chi connectivity index (χ4n) is 4.84. The standard InChI is InChI=1S/C34H41N5O6S/c1-4-7-20-35-33(41)36-26-18-19-29-28(22-26)32(40)39(31(37-29)11-6-3)23-24-14-16-25(17-15-24)27-12-9-10-13-30(27)38-46(43,44)34(42)45-21-8-5-2/h9-10,12-19,22,38H,4-8,11,20-21,23H2,1-3H3,(H2,35,36,41). The second-order valence-corrected chi connectivity index (χ2v) is 12.5. The number of hydrogen-bond acceptors (Lipinski definition) is 7. The summed E-state index contributed by atoms with van der Waals surface area (Å²) in [6.07, 6.45) is 4.59. The van der Waals surface area contributed by atoms with E-state index >= 15 is 0 Å². The van der Waals surface area contributed by atoms with Crippen LogP contribution in [0.4, 0.5) is 21.0 Å². The van der Waals surface area contributed by atoms with E-state index < -0.39 is 15.3 Å². The molecule has 3 aromatic carbocycles. The molecular weight excluding hydrogens is 606 g/mol. The third kappa shape index (κ3) is 8.72. The minimum atomic E-state index is -4.40. The average molecular weight is 648 g/mol. The van der Waals surface area contributed by atoms with Crippen molar-refractivity contribution >= 4 is 43.6 Å². The largest absolute Gasteiger partial charge is 0.453 e. The highest BCUT2D eigenvalue weighted by atomic mass is 32.2. The number of carbonyl (C=O) groups excluding carboxylic acids is 2. The SMILES string of the molecule is CCCCNC(=O)Nc1ccc2nc(CCC)n(Cc3ccc(-c4ccccc4NS(=O)(=O)C(=O)OCCCC)cc3)c(=O)c2c1. The van der Waals surface area contributed by atoms with Gasteiger partial charge in [0.1, 0.15) is 5.82 Å². The third-order valence-electron chi connectivity index (χ3n) is 7.29. The minimum absolute atomic E-state index is 0.0312. The molecule has 1 aromatic heterocycles. The molecule has 2 amide bonds. The van der Waals surface area contributed by atoms with Crippen molar-refractivity contribution in [2.24, 2.45) is 0 Å². The Balaban J connectivity index is 1.58. The lowest BCUT2D eigenvalue weighted by molar-refractivity contribution is 0.170. The first-order valence-corrected chi connectivity index (χ1v) is 17.1. The number of unbranched alkanes of at least 4 members (excludes halogenated alkanes) is 2. The highest BCUT2D eigenvalue weighted by molar-refractivity contribution is 8.06. The highest BCUT2D eigenvalue weighted by Gasteiger charge is 2.25. The Labute approximate surface area is 269 Å². The zero-order valence-electron chi connectivity index (χ0n) is 26.5. The van der Waals surface area contributed by atoms with Gasteiger partial charge >= 0.3 is 21.4 Å². The van der Waals surface area contributed by atoms with Crippen LogP contribution < -0.4 is 20.9 Å². The normalized spacial score (nSPS) is 11.3. The van der Waals surface area contributed by atoms with Crippen LogP contribution in [0.15, 0.2) is 71.5 Å². The monoisotopic (exact) mass is 647 g/mol. The van der Waals surface area contributed by atoms with Crippen LogP contribution in [0.5, 0.6) is 0 Å². The van der Waals surface area contributed by atoms with Gasteiger partial charge in [-0.2, -0.15) is 8.42 Å². The minimum Gasteiger partial charge on any atom is -0.453 e. The van der Waals surface area contributed by atoms with Crippen molar-refractivity contribution in [2.75, 3.05) is 23.2 Å². The summed E-state index contributed by atoms with van der Waals surface area (Å²) in [4.78, 5) is 43.0. The molecule has 0 fully saturated rings. The van der Waals surface area contributed by atoms with E-state index in [1.54, 1.807) is 47.0 Å². The third-order valence-corrected chi connectivity index (χ3v) is 8.34. The molecule has 0 unspecified atom stereocenters. The van der Waals surface area contributed by atoms with Gasteiger partial charge in [-0.3, -0.25) is 14.1 Å². The van der Waals surface area contributed by atoms with Gasteiger partial charge in [-0.05, 0) is 54.7 Å². The number of aromatic nitrogens is 2. The van der Waals surface area contributed by atoms with Crippen molar-refractivity contribution in [3.8, 4) is 11.1 Å². The van der Waals surface area contributed by atoms with Gasteiger partial charge in [0.15, 0.2) is 0 Å². The number of ether oxygens (including phenoxy) is 1. The number of carbonyl (C=O) groups is 2. The number of hydrogen-bond donors (Lipinski definition) is 3. The molecule has 0 aliphatic carbocycles. The molecule has 0 radical (unpaired) electrons. The number of nitrogens with one attached hydrogen (secondary N) is 3. The summed E-state index contributed by atoms with van der Waals surface area (Å²) in [6, 6.07) is 19.0. The van der Waals surface area contributed by atoms with Gasteiger partial charge in [-0.15, -0.1) is 0 Å². The summed E-state index contributed by atoms with van der Waals surface area (Å²) in [5.74, 6) is 0.660. The van der Waals surface area contributed by atoms with Crippen LogP contribution in [0.1, 0.15) is 64.3 Å². The maximum Gasteiger partial charge on any atom is 0.445 e. The molecule has 4 aromatic rings. The molecule has 46 heavy (non-hydrogen) atoms. The fourth-order valence-corrected chi connectivity index (χ4v) is 5.63. The van der Waals surface area contributed by atoms with Crippen molar-refractivity contribution in [3.63, 3.8) is 0 Å². The molecule has 12 heteroatoms. The predicted molar refractivity (Wildman–Crippen MR) is 182 cm³/mol. The second-order valence-electron chi connectivity index (χ2n) is 10.9. The number of sulfonamides is 1. The topological polar surface area (TPSA) is 148 Å². The van der Waals surface area contributed by atoms with Gasteiger partial charge in [-0.1, -0.05) is 76.1 Å². The molecule has 0 atom stereocenters. The Bertz CT molecular complexity index is 1840. The summed E-state index contributed by atoms with van der Waals surface area (Å²) in [6.45, 7) is 6.85. The number of amides is 2. The van der Waals surface area contributed by atoms with Crippen LogP contribution >= 0.6 is 0 Å². The van der Waals surface area contributed by atoms with Crippen molar-refractivity contribution in [1.82, 2.24) is 14.9 Å². The van der Waals surface area contributed by atoms with E-state index in [9.17, 15) is 22.8 Å². The smallest absolute Gasteiger partial charge is 0.445 e. The lowest BCUT2D eigenvalue weighted by Gasteiger charge is -2.15. The molecule has 244 valence electrons. The number of fused-ring (bicyclic) bond motifs is 1. The van der Waals surface area contributed by atoms with E-state index in [0.29, 0.717) is 52.9 Å². The highest BCUT2D eigenvalue weighted by Crippen LogP contribution is 2.29. The summed E-state index contributed by atoms with van der Waals surface area (Å²) < 4.78 is 34.2. The maximum absolute atomic E-state index is 13.8. The number of aryl methyl sites for hydroxylation is 1. The Kier molecular flexibility index (Phi) is 11.9. The summed E-state index contributed by atoms with van der Waals surface area (Å²) in [7, 11) is -4.40.